The monoisotopic (exact) mass is 473 g/mol. The molecule has 0 bridgehead atoms. The average Bonchev–Trinajstić information content (AvgIpc) is 3.44. The summed E-state index contributed by atoms with van der Waals surface area (Å²) >= 11 is 0. The van der Waals surface area contributed by atoms with Crippen molar-refractivity contribution in [1.29, 1.82) is 0 Å². The van der Waals surface area contributed by atoms with Crippen LogP contribution in [0.15, 0.2) is 65.6 Å². The van der Waals surface area contributed by atoms with E-state index in [9.17, 15) is 14.4 Å². The van der Waals surface area contributed by atoms with Crippen LogP contribution in [0.4, 0.5) is 0 Å². The Labute approximate surface area is 201 Å². The molecule has 1 aliphatic rings. The lowest BCUT2D eigenvalue weighted by atomic mass is 10.1. The third kappa shape index (κ3) is 4.89. The second-order valence-corrected chi connectivity index (χ2v) is 7.80. The number of carbonyl (C=O) groups excluding carboxylic acids is 3. The maximum atomic E-state index is 12.4. The Morgan fingerprint density at radius 2 is 1.71 bits per heavy atom. The van der Waals surface area contributed by atoms with Crippen molar-refractivity contribution in [3.8, 4) is 0 Å². The van der Waals surface area contributed by atoms with E-state index in [-0.39, 0.29) is 11.9 Å². The van der Waals surface area contributed by atoms with E-state index in [1.807, 2.05) is 25.1 Å². The van der Waals surface area contributed by atoms with Crippen molar-refractivity contribution in [2.75, 3.05) is 14.2 Å². The van der Waals surface area contributed by atoms with E-state index < -0.39 is 5.97 Å². The standard InChI is InChI=1S/C18H14N2O4.C8H9NO2/c1-23-18(22)14-4-2-3-11-7-13(24-16(11)14)10-20-9-12-5-6-19-8-15(12)17(20)21;1-6-3-4-9-5-7(6)8(10)11-2/h2-8H,9-10H2,1H3;3-5H,1-2H3. The SMILES string of the molecule is COC(=O)c1cccc2cc(CN3Cc4ccncc4C3=O)oc12.COC(=O)c1cnccc1C. The van der Waals surface area contributed by atoms with E-state index in [2.05, 4.69) is 14.7 Å². The molecule has 0 radical (unpaired) electrons. The Kier molecular flexibility index (Phi) is 6.86. The van der Waals surface area contributed by atoms with Crippen LogP contribution in [0.2, 0.25) is 0 Å². The fraction of sp³-hybridized carbons (Fsp3) is 0.192. The van der Waals surface area contributed by atoms with Gasteiger partial charge in [0.25, 0.3) is 5.91 Å². The number of hydrogen-bond donors (Lipinski definition) is 0. The molecule has 1 aromatic carbocycles. The highest BCUT2D eigenvalue weighted by molar-refractivity contribution is 6.02. The normalized spacial score (nSPS) is 12.1. The molecule has 1 aliphatic heterocycles. The molecule has 0 atom stereocenters. The number of benzene rings is 1. The van der Waals surface area contributed by atoms with Crippen LogP contribution < -0.4 is 0 Å². The first-order valence-corrected chi connectivity index (χ1v) is 10.7. The zero-order chi connectivity index (χ0) is 24.9. The molecule has 35 heavy (non-hydrogen) atoms. The van der Waals surface area contributed by atoms with E-state index in [1.165, 1.54) is 20.4 Å². The molecule has 0 saturated heterocycles. The van der Waals surface area contributed by atoms with Crippen LogP contribution in [-0.2, 0) is 22.6 Å². The number of aryl methyl sites for hydroxylation is 1. The fourth-order valence-electron chi connectivity index (χ4n) is 3.77. The summed E-state index contributed by atoms with van der Waals surface area (Å²) in [7, 11) is 2.69. The van der Waals surface area contributed by atoms with Gasteiger partial charge in [-0.25, -0.2) is 9.59 Å². The lowest BCUT2D eigenvalue weighted by Gasteiger charge is -2.13. The van der Waals surface area contributed by atoms with Crippen molar-refractivity contribution >= 4 is 28.8 Å². The van der Waals surface area contributed by atoms with Crippen LogP contribution in [0.3, 0.4) is 0 Å². The molecule has 9 heteroatoms. The molecule has 178 valence electrons. The van der Waals surface area contributed by atoms with Gasteiger partial charge in [-0.05, 0) is 42.3 Å². The lowest BCUT2D eigenvalue weighted by Crippen LogP contribution is -2.22. The number of furan rings is 1. The maximum Gasteiger partial charge on any atom is 0.341 e. The molecule has 0 aliphatic carbocycles. The molecule has 0 unspecified atom stereocenters. The summed E-state index contributed by atoms with van der Waals surface area (Å²) in [6.07, 6.45) is 6.41. The average molecular weight is 473 g/mol. The number of carbonyl (C=O) groups is 3. The molecule has 4 heterocycles. The predicted molar refractivity (Wildman–Crippen MR) is 126 cm³/mol. The van der Waals surface area contributed by atoms with E-state index in [4.69, 9.17) is 9.15 Å². The number of nitrogens with zero attached hydrogens (tertiary/aromatic N) is 3. The summed E-state index contributed by atoms with van der Waals surface area (Å²) in [4.78, 5) is 44.7. The number of pyridine rings is 2. The van der Waals surface area contributed by atoms with Gasteiger partial charge in [0, 0.05) is 36.7 Å². The van der Waals surface area contributed by atoms with E-state index in [1.54, 1.807) is 41.7 Å². The second kappa shape index (κ2) is 10.2. The molecular formula is C26H23N3O6. The number of para-hydroxylation sites is 1. The van der Waals surface area contributed by atoms with Crippen molar-refractivity contribution in [2.45, 2.75) is 20.0 Å². The molecule has 4 aromatic rings. The highest BCUT2D eigenvalue weighted by Crippen LogP contribution is 2.28. The summed E-state index contributed by atoms with van der Waals surface area (Å²) in [6.45, 7) is 2.70. The highest BCUT2D eigenvalue weighted by atomic mass is 16.5. The summed E-state index contributed by atoms with van der Waals surface area (Å²) < 4.78 is 15.1. The predicted octanol–water partition coefficient (Wildman–Crippen LogP) is 3.95. The molecule has 5 rings (SSSR count). The third-order valence-corrected chi connectivity index (χ3v) is 5.58. The minimum Gasteiger partial charge on any atom is -0.465 e. The number of esters is 2. The van der Waals surface area contributed by atoms with Gasteiger partial charge in [0.15, 0.2) is 0 Å². The minimum atomic E-state index is -0.447. The molecule has 3 aromatic heterocycles. The van der Waals surface area contributed by atoms with Crippen molar-refractivity contribution in [2.24, 2.45) is 0 Å². The van der Waals surface area contributed by atoms with Crippen molar-refractivity contribution < 1.29 is 28.3 Å². The zero-order valence-corrected chi connectivity index (χ0v) is 19.5. The van der Waals surface area contributed by atoms with Crippen LogP contribution >= 0.6 is 0 Å². The van der Waals surface area contributed by atoms with Gasteiger partial charge in [-0.2, -0.15) is 0 Å². The first-order valence-electron chi connectivity index (χ1n) is 10.7. The Bertz CT molecular complexity index is 1410. The number of methoxy groups -OCH3 is 2. The highest BCUT2D eigenvalue weighted by Gasteiger charge is 2.28. The first kappa shape index (κ1) is 23.6. The number of hydrogen-bond acceptors (Lipinski definition) is 8. The van der Waals surface area contributed by atoms with Crippen LogP contribution in [0.25, 0.3) is 11.0 Å². The van der Waals surface area contributed by atoms with Crippen LogP contribution in [0, 0.1) is 6.92 Å². The lowest BCUT2D eigenvalue weighted by molar-refractivity contribution is 0.0591. The molecule has 0 saturated carbocycles. The number of amides is 1. The van der Waals surface area contributed by atoms with Gasteiger partial charge >= 0.3 is 11.9 Å². The third-order valence-electron chi connectivity index (χ3n) is 5.58. The Morgan fingerprint density at radius 3 is 2.43 bits per heavy atom. The quantitative estimate of drug-likeness (QED) is 0.410. The molecule has 0 N–H and O–H groups in total. The smallest absolute Gasteiger partial charge is 0.341 e. The Morgan fingerprint density at radius 1 is 1.00 bits per heavy atom. The van der Waals surface area contributed by atoms with Gasteiger partial charge in [-0.3, -0.25) is 14.8 Å². The summed E-state index contributed by atoms with van der Waals surface area (Å²) in [5.41, 5.74) is 3.85. The van der Waals surface area contributed by atoms with Crippen LogP contribution in [0.1, 0.15) is 48.0 Å². The van der Waals surface area contributed by atoms with Crippen molar-refractivity contribution in [3.05, 3.63) is 94.8 Å². The van der Waals surface area contributed by atoms with E-state index >= 15 is 0 Å². The van der Waals surface area contributed by atoms with Crippen molar-refractivity contribution in [3.63, 3.8) is 0 Å². The van der Waals surface area contributed by atoms with Crippen molar-refractivity contribution in [1.82, 2.24) is 14.9 Å². The second-order valence-electron chi connectivity index (χ2n) is 7.80. The van der Waals surface area contributed by atoms with Crippen LogP contribution in [0.5, 0.6) is 0 Å². The minimum absolute atomic E-state index is 0.0632. The first-order chi connectivity index (χ1) is 16.9. The zero-order valence-electron chi connectivity index (χ0n) is 19.5. The van der Waals surface area contributed by atoms with E-state index in [0.717, 1.165) is 16.5 Å². The van der Waals surface area contributed by atoms with Gasteiger partial charge in [0.05, 0.1) is 31.9 Å². The fourth-order valence-corrected chi connectivity index (χ4v) is 3.77. The van der Waals surface area contributed by atoms with Crippen LogP contribution in [-0.4, -0.2) is 46.9 Å². The number of rotatable bonds is 4. The Balaban J connectivity index is 0.000000221. The van der Waals surface area contributed by atoms with E-state index in [0.29, 0.717) is 41.1 Å². The topological polar surface area (TPSA) is 112 Å². The molecular weight excluding hydrogens is 450 g/mol. The van der Waals surface area contributed by atoms with Gasteiger partial charge < -0.3 is 18.8 Å². The summed E-state index contributed by atoms with van der Waals surface area (Å²) in [5, 5.41) is 0.804. The number of aromatic nitrogens is 2. The van der Waals surface area contributed by atoms with Gasteiger partial charge in [-0.1, -0.05) is 12.1 Å². The largest absolute Gasteiger partial charge is 0.465 e. The molecule has 1 amide bonds. The summed E-state index contributed by atoms with van der Waals surface area (Å²) in [5.74, 6) is -0.227. The number of ether oxygens (including phenoxy) is 2. The molecule has 9 nitrogen and oxygen atoms in total. The number of fused-ring (bicyclic) bond motifs is 2. The maximum absolute atomic E-state index is 12.4. The van der Waals surface area contributed by atoms with Gasteiger partial charge in [-0.15, -0.1) is 0 Å². The van der Waals surface area contributed by atoms with Gasteiger partial charge in [0.2, 0.25) is 0 Å². The molecule has 0 spiro atoms. The Hall–Kier alpha value is -4.53. The van der Waals surface area contributed by atoms with Gasteiger partial charge in [0.1, 0.15) is 16.9 Å². The summed E-state index contributed by atoms with van der Waals surface area (Å²) in [6, 6.07) is 10.8. The molecule has 0 fully saturated rings.